The van der Waals surface area contributed by atoms with Crippen molar-refractivity contribution in [1.82, 2.24) is 0 Å². The Morgan fingerprint density at radius 3 is 2.58 bits per heavy atom. The van der Waals surface area contributed by atoms with Gasteiger partial charge in [0.2, 0.25) is 0 Å². The molecule has 208 valence electrons. The number of carbonyl (C=O) groups excluding carboxylic acids is 1. The Morgan fingerprint density at radius 2 is 1.85 bits per heavy atom. The van der Waals surface area contributed by atoms with Gasteiger partial charge in [-0.05, 0) is 97.2 Å². The molecule has 2 aliphatic rings. The Morgan fingerprint density at radius 1 is 1.07 bits per heavy atom. The molecule has 0 N–H and O–H groups in total. The summed E-state index contributed by atoms with van der Waals surface area (Å²) in [5.74, 6) is 3.20. The van der Waals surface area contributed by atoms with E-state index in [0.29, 0.717) is 25.2 Å². The monoisotopic (exact) mass is 557 g/mol. The molecule has 1 aliphatic carbocycles. The van der Waals surface area contributed by atoms with E-state index in [1.54, 1.807) is 0 Å². The van der Waals surface area contributed by atoms with Crippen LogP contribution in [0.4, 0.5) is 0 Å². The molecular formula is C33H35NO5S. The summed E-state index contributed by atoms with van der Waals surface area (Å²) in [5, 5.41) is 10.0. The lowest BCUT2D eigenvalue weighted by molar-refractivity contribution is -0.141. The van der Waals surface area contributed by atoms with E-state index in [2.05, 4.69) is 38.3 Å². The maximum Gasteiger partial charge on any atom is 0.306 e. The van der Waals surface area contributed by atoms with Crippen molar-refractivity contribution in [3.05, 3.63) is 75.8 Å². The summed E-state index contributed by atoms with van der Waals surface area (Å²) in [4.78, 5) is 11.8. The maximum atomic E-state index is 11.8. The molecule has 0 amide bonds. The van der Waals surface area contributed by atoms with Crippen molar-refractivity contribution in [1.29, 1.82) is 5.26 Å². The van der Waals surface area contributed by atoms with Gasteiger partial charge in [-0.1, -0.05) is 12.1 Å². The molecule has 1 heterocycles. The van der Waals surface area contributed by atoms with Gasteiger partial charge >= 0.3 is 5.97 Å². The largest absolute Gasteiger partial charge is 0.494 e. The predicted molar refractivity (Wildman–Crippen MR) is 158 cm³/mol. The van der Waals surface area contributed by atoms with Gasteiger partial charge in [-0.15, -0.1) is 0 Å². The number of ether oxygens (including phenoxy) is 4. The fourth-order valence-corrected chi connectivity index (χ4v) is 6.32. The van der Waals surface area contributed by atoms with E-state index < -0.39 is 0 Å². The minimum absolute atomic E-state index is 0.00530. The standard InChI is InChI=1S/C33H35NO5S/c1-20-14-25(37-12-5-13-40-4)15-21(2)32(20)33-22(18-34)6-8-27-28(33)10-11-29(27)39-24-7-9-26-23(16-31(35)36-3)19-38-30(26)17-24/h6-9,14-15,17,23,29H,5,10-13,16,19H2,1-4H3/t23-,29-/m1/s1. The van der Waals surface area contributed by atoms with E-state index in [1.165, 1.54) is 12.7 Å². The van der Waals surface area contributed by atoms with Crippen molar-refractivity contribution in [3.63, 3.8) is 0 Å². The number of hydrogen-bond acceptors (Lipinski definition) is 7. The summed E-state index contributed by atoms with van der Waals surface area (Å²) >= 11 is 1.82. The molecular weight excluding hydrogens is 522 g/mol. The van der Waals surface area contributed by atoms with Crippen molar-refractivity contribution in [2.24, 2.45) is 0 Å². The molecule has 0 radical (unpaired) electrons. The molecule has 2 atom stereocenters. The number of carbonyl (C=O) groups is 1. The zero-order valence-electron chi connectivity index (χ0n) is 23.5. The summed E-state index contributed by atoms with van der Waals surface area (Å²) < 4.78 is 23.2. The number of thioether (sulfide) groups is 1. The van der Waals surface area contributed by atoms with Crippen molar-refractivity contribution >= 4 is 17.7 Å². The van der Waals surface area contributed by atoms with E-state index in [9.17, 15) is 10.1 Å². The Kier molecular flexibility index (Phi) is 8.56. The SMILES string of the molecule is COC(=O)C[C@@H]1COc2cc(O[C@@H]3CCc4c3ccc(C#N)c4-c3c(C)cc(OCCCSC)cc3C)ccc21. The van der Waals surface area contributed by atoms with Crippen molar-refractivity contribution in [2.75, 3.05) is 32.3 Å². The van der Waals surface area contributed by atoms with Crippen LogP contribution in [-0.2, 0) is 16.0 Å². The molecule has 3 aromatic carbocycles. The Bertz CT molecular complexity index is 1440. The van der Waals surface area contributed by atoms with Gasteiger partial charge in [0.1, 0.15) is 23.4 Å². The van der Waals surface area contributed by atoms with Crippen LogP contribution >= 0.6 is 11.8 Å². The lowest BCUT2D eigenvalue weighted by atomic mass is 9.87. The van der Waals surface area contributed by atoms with Crippen LogP contribution in [0.1, 0.15) is 64.7 Å². The highest BCUT2D eigenvalue weighted by Gasteiger charge is 2.31. The molecule has 0 aromatic heterocycles. The van der Waals surface area contributed by atoms with Gasteiger partial charge < -0.3 is 18.9 Å². The van der Waals surface area contributed by atoms with Crippen molar-refractivity contribution < 1.29 is 23.7 Å². The fraction of sp³-hybridized carbons (Fsp3) is 0.394. The summed E-state index contributed by atoms with van der Waals surface area (Å²) in [6.45, 7) is 5.35. The Balaban J connectivity index is 1.40. The quantitative estimate of drug-likeness (QED) is 0.195. The number of benzene rings is 3. The summed E-state index contributed by atoms with van der Waals surface area (Å²) in [6.07, 6.45) is 4.96. The highest BCUT2D eigenvalue weighted by atomic mass is 32.2. The molecule has 5 rings (SSSR count). The summed E-state index contributed by atoms with van der Waals surface area (Å²) in [6, 6.07) is 16.4. The van der Waals surface area contributed by atoms with Crippen LogP contribution in [-0.4, -0.2) is 38.3 Å². The second kappa shape index (κ2) is 12.3. The molecule has 1 aliphatic heterocycles. The highest BCUT2D eigenvalue weighted by molar-refractivity contribution is 7.98. The molecule has 0 bridgehead atoms. The number of hydrogen-bond donors (Lipinski definition) is 0. The van der Waals surface area contributed by atoms with Crippen molar-refractivity contribution in [2.45, 2.75) is 51.6 Å². The zero-order chi connectivity index (χ0) is 28.2. The maximum absolute atomic E-state index is 11.8. The smallest absolute Gasteiger partial charge is 0.306 e. The van der Waals surface area contributed by atoms with Crippen LogP contribution in [0.3, 0.4) is 0 Å². The number of aryl methyl sites for hydroxylation is 2. The Hall–Kier alpha value is -3.63. The van der Waals surface area contributed by atoms with Crippen molar-refractivity contribution in [3.8, 4) is 34.4 Å². The number of esters is 1. The van der Waals surface area contributed by atoms with Crippen LogP contribution < -0.4 is 14.2 Å². The minimum atomic E-state index is -0.240. The van der Waals surface area contributed by atoms with Crippen LogP contribution in [0.2, 0.25) is 0 Å². The topological polar surface area (TPSA) is 77.8 Å². The van der Waals surface area contributed by atoms with E-state index in [1.807, 2.05) is 42.1 Å². The third kappa shape index (κ3) is 5.64. The molecule has 6 nitrogen and oxygen atoms in total. The second-order valence-corrected chi connectivity index (χ2v) is 11.4. The molecule has 40 heavy (non-hydrogen) atoms. The molecule has 0 unspecified atom stereocenters. The summed E-state index contributed by atoms with van der Waals surface area (Å²) in [7, 11) is 1.40. The van der Waals surface area contributed by atoms with Gasteiger partial charge in [0.05, 0.1) is 38.4 Å². The average Bonchev–Trinajstić information content (AvgIpc) is 3.54. The molecule has 7 heteroatoms. The Labute approximate surface area is 240 Å². The molecule has 0 saturated heterocycles. The van der Waals surface area contributed by atoms with Crippen LogP contribution in [0.25, 0.3) is 11.1 Å². The number of methoxy groups -OCH3 is 1. The lowest BCUT2D eigenvalue weighted by Gasteiger charge is -2.19. The van der Waals surface area contributed by atoms with Gasteiger partial charge in [-0.25, -0.2) is 0 Å². The molecule has 0 saturated carbocycles. The van der Waals surface area contributed by atoms with E-state index in [0.717, 1.165) is 75.6 Å². The normalized spacial score (nSPS) is 17.0. The number of rotatable bonds is 10. The van der Waals surface area contributed by atoms with Gasteiger partial charge in [0, 0.05) is 23.1 Å². The van der Waals surface area contributed by atoms with Gasteiger partial charge in [-0.3, -0.25) is 4.79 Å². The molecule has 0 spiro atoms. The van der Waals surface area contributed by atoms with Crippen LogP contribution in [0.15, 0.2) is 42.5 Å². The average molecular weight is 558 g/mol. The van der Waals surface area contributed by atoms with Crippen LogP contribution in [0, 0.1) is 25.2 Å². The fourth-order valence-electron chi connectivity index (χ4n) is 5.91. The second-order valence-electron chi connectivity index (χ2n) is 10.4. The third-order valence-corrected chi connectivity index (χ3v) is 8.47. The molecule has 3 aromatic rings. The third-order valence-electron chi connectivity index (χ3n) is 7.77. The van der Waals surface area contributed by atoms with Gasteiger partial charge in [-0.2, -0.15) is 17.0 Å². The first-order valence-electron chi connectivity index (χ1n) is 13.7. The minimum Gasteiger partial charge on any atom is -0.494 e. The number of fused-ring (bicyclic) bond motifs is 2. The number of nitriles is 1. The van der Waals surface area contributed by atoms with Gasteiger partial charge in [0.15, 0.2) is 0 Å². The first-order valence-corrected chi connectivity index (χ1v) is 15.1. The first kappa shape index (κ1) is 27.9. The van der Waals surface area contributed by atoms with Crippen LogP contribution in [0.5, 0.6) is 17.2 Å². The van der Waals surface area contributed by atoms with E-state index in [4.69, 9.17) is 18.9 Å². The zero-order valence-corrected chi connectivity index (χ0v) is 24.4. The number of nitrogens with zero attached hydrogens (tertiary/aromatic N) is 1. The lowest BCUT2D eigenvalue weighted by Crippen LogP contribution is -2.09. The highest BCUT2D eigenvalue weighted by Crippen LogP contribution is 2.45. The van der Waals surface area contributed by atoms with E-state index in [-0.39, 0.29) is 18.0 Å². The predicted octanol–water partition coefficient (Wildman–Crippen LogP) is 7.08. The summed E-state index contributed by atoms with van der Waals surface area (Å²) in [5.41, 5.74) is 8.31. The van der Waals surface area contributed by atoms with Gasteiger partial charge in [0.25, 0.3) is 0 Å². The van der Waals surface area contributed by atoms with E-state index >= 15 is 0 Å². The first-order chi connectivity index (χ1) is 19.4. The molecule has 0 fully saturated rings.